The molecule has 0 aliphatic carbocycles. The van der Waals surface area contributed by atoms with Crippen LogP contribution in [0.3, 0.4) is 0 Å². The summed E-state index contributed by atoms with van der Waals surface area (Å²) in [6, 6.07) is 2.01. The molecule has 0 bridgehead atoms. The molecule has 0 amide bonds. The summed E-state index contributed by atoms with van der Waals surface area (Å²) in [7, 11) is -4.10. The van der Waals surface area contributed by atoms with Gasteiger partial charge in [-0.2, -0.15) is 0 Å². The van der Waals surface area contributed by atoms with E-state index in [9.17, 15) is 23.3 Å². The van der Waals surface area contributed by atoms with Crippen molar-refractivity contribution < 1.29 is 22.9 Å². The maximum atomic E-state index is 12.6. The van der Waals surface area contributed by atoms with Crippen molar-refractivity contribution in [2.24, 2.45) is 5.73 Å². The highest BCUT2D eigenvalue weighted by molar-refractivity contribution is 7.89. The van der Waals surface area contributed by atoms with Crippen LogP contribution in [0.25, 0.3) is 0 Å². The normalized spacial score (nSPS) is 12.0. The third-order valence-corrected chi connectivity index (χ3v) is 5.76. The number of sulfonamides is 1. The van der Waals surface area contributed by atoms with Gasteiger partial charge in [-0.05, 0) is 32.8 Å². The summed E-state index contributed by atoms with van der Waals surface area (Å²) in [5, 5.41) is 11.3. The first-order valence-corrected chi connectivity index (χ1v) is 9.74. The first-order chi connectivity index (χ1) is 12.0. The van der Waals surface area contributed by atoms with E-state index in [2.05, 4.69) is 4.72 Å². The Morgan fingerprint density at radius 1 is 1.31 bits per heavy atom. The average molecular weight is 387 g/mol. The fourth-order valence-corrected chi connectivity index (χ4v) is 3.44. The van der Waals surface area contributed by atoms with Crippen molar-refractivity contribution in [2.75, 3.05) is 13.2 Å². The Hall–Kier alpha value is -2.04. The molecule has 0 radical (unpaired) electrons. The van der Waals surface area contributed by atoms with Crippen molar-refractivity contribution in [3.8, 4) is 0 Å². The monoisotopic (exact) mass is 387 g/mol. The maximum absolute atomic E-state index is 12.6. The molecular formula is C16H25N3O6S. The van der Waals surface area contributed by atoms with Gasteiger partial charge in [0.05, 0.1) is 22.0 Å². The van der Waals surface area contributed by atoms with E-state index in [0.29, 0.717) is 12.8 Å². The number of nitrogens with one attached hydrogen (secondary N) is 1. The van der Waals surface area contributed by atoms with E-state index in [4.69, 9.17) is 10.5 Å². The summed E-state index contributed by atoms with van der Waals surface area (Å²) < 4.78 is 32.4. The smallest absolute Gasteiger partial charge is 0.338 e. The molecule has 1 aromatic carbocycles. The van der Waals surface area contributed by atoms with Crippen molar-refractivity contribution in [1.29, 1.82) is 0 Å². The largest absolute Gasteiger partial charge is 0.462 e. The first-order valence-electron chi connectivity index (χ1n) is 8.26. The van der Waals surface area contributed by atoms with Crippen LogP contribution >= 0.6 is 0 Å². The molecule has 9 nitrogen and oxygen atoms in total. The number of esters is 1. The number of benzene rings is 1. The van der Waals surface area contributed by atoms with E-state index in [1.165, 1.54) is 6.92 Å². The number of carbonyl (C=O) groups excluding carboxylic acids is 1. The molecule has 1 rings (SSSR count). The topological polar surface area (TPSA) is 142 Å². The SMILES string of the molecule is CCOC(=O)c1cc(S(=O)(=O)NCC(N)(CC)CC)cc([N+](=O)[O-])c1C. The first kappa shape index (κ1) is 22.0. The standard InChI is InChI=1S/C16H25N3O6S/c1-5-16(17,6-2)10-18-26(23,24)12-8-13(15(20)25-7-3)11(4)14(9-12)19(21)22/h8-9,18H,5-7,10,17H2,1-4H3. The van der Waals surface area contributed by atoms with E-state index < -0.39 is 32.1 Å². The highest BCUT2D eigenvalue weighted by Crippen LogP contribution is 2.27. The van der Waals surface area contributed by atoms with Crippen LogP contribution in [-0.2, 0) is 14.8 Å². The van der Waals surface area contributed by atoms with E-state index in [1.807, 2.05) is 13.8 Å². The minimum Gasteiger partial charge on any atom is -0.462 e. The lowest BCUT2D eigenvalue weighted by Crippen LogP contribution is -2.49. The van der Waals surface area contributed by atoms with Gasteiger partial charge in [-0.3, -0.25) is 10.1 Å². The predicted octanol–water partition coefficient (Wildman–Crippen LogP) is 1.88. The van der Waals surface area contributed by atoms with Gasteiger partial charge in [0.1, 0.15) is 0 Å². The molecule has 26 heavy (non-hydrogen) atoms. The number of ether oxygens (including phenoxy) is 1. The zero-order valence-corrected chi connectivity index (χ0v) is 16.2. The summed E-state index contributed by atoms with van der Waals surface area (Å²) in [6.45, 7) is 6.66. The van der Waals surface area contributed by atoms with Gasteiger partial charge in [0.15, 0.2) is 0 Å². The summed E-state index contributed by atoms with van der Waals surface area (Å²) in [5.41, 5.74) is 4.78. The fourth-order valence-electron chi connectivity index (χ4n) is 2.26. The summed E-state index contributed by atoms with van der Waals surface area (Å²) >= 11 is 0. The van der Waals surface area contributed by atoms with E-state index in [0.717, 1.165) is 12.1 Å². The molecule has 0 heterocycles. The van der Waals surface area contributed by atoms with Gasteiger partial charge in [0, 0.05) is 23.7 Å². The molecule has 3 N–H and O–H groups in total. The van der Waals surface area contributed by atoms with E-state index >= 15 is 0 Å². The Labute approximate surface area is 153 Å². The van der Waals surface area contributed by atoms with Crippen molar-refractivity contribution in [3.63, 3.8) is 0 Å². The summed E-state index contributed by atoms with van der Waals surface area (Å²) in [6.07, 6.45) is 1.10. The number of hydrogen-bond donors (Lipinski definition) is 2. The van der Waals surface area contributed by atoms with Crippen LogP contribution in [0.15, 0.2) is 17.0 Å². The van der Waals surface area contributed by atoms with Gasteiger partial charge in [0.2, 0.25) is 10.0 Å². The molecule has 10 heteroatoms. The summed E-state index contributed by atoms with van der Waals surface area (Å²) in [4.78, 5) is 22.2. The van der Waals surface area contributed by atoms with Crippen molar-refractivity contribution in [1.82, 2.24) is 4.72 Å². The van der Waals surface area contributed by atoms with Gasteiger partial charge in [0.25, 0.3) is 5.69 Å². The Bertz CT molecular complexity index is 787. The van der Waals surface area contributed by atoms with Crippen molar-refractivity contribution >= 4 is 21.7 Å². The number of nitro groups is 1. The molecule has 0 spiro atoms. The molecule has 0 atom stereocenters. The fraction of sp³-hybridized carbons (Fsp3) is 0.562. The van der Waals surface area contributed by atoms with Crippen LogP contribution in [0.4, 0.5) is 5.69 Å². The molecule has 0 unspecified atom stereocenters. The molecule has 0 fully saturated rings. The second-order valence-corrected chi connectivity index (χ2v) is 7.75. The zero-order valence-electron chi connectivity index (χ0n) is 15.4. The lowest BCUT2D eigenvalue weighted by molar-refractivity contribution is -0.385. The Kier molecular flexibility index (Phi) is 7.25. The highest BCUT2D eigenvalue weighted by Gasteiger charge is 2.28. The van der Waals surface area contributed by atoms with Crippen molar-refractivity contribution in [3.05, 3.63) is 33.4 Å². The minimum atomic E-state index is -4.10. The quantitative estimate of drug-likeness (QED) is 0.374. The average Bonchev–Trinajstić information content (AvgIpc) is 2.59. The van der Waals surface area contributed by atoms with Gasteiger partial charge >= 0.3 is 5.97 Å². The highest BCUT2D eigenvalue weighted by atomic mass is 32.2. The predicted molar refractivity (Wildman–Crippen MR) is 96.5 cm³/mol. The van der Waals surface area contributed by atoms with Crippen LogP contribution in [0.5, 0.6) is 0 Å². The second-order valence-electron chi connectivity index (χ2n) is 5.99. The third kappa shape index (κ3) is 4.99. The summed E-state index contributed by atoms with van der Waals surface area (Å²) in [5.74, 6) is -0.819. The van der Waals surface area contributed by atoms with Gasteiger partial charge in [-0.15, -0.1) is 0 Å². The van der Waals surface area contributed by atoms with Gasteiger partial charge < -0.3 is 10.5 Å². The van der Waals surface area contributed by atoms with E-state index in [-0.39, 0.29) is 29.2 Å². The van der Waals surface area contributed by atoms with Crippen LogP contribution < -0.4 is 10.5 Å². The van der Waals surface area contributed by atoms with E-state index in [1.54, 1.807) is 6.92 Å². The third-order valence-electron chi connectivity index (χ3n) is 4.38. The molecule has 1 aromatic rings. The molecule has 0 aromatic heterocycles. The maximum Gasteiger partial charge on any atom is 0.338 e. The molecule has 0 aliphatic heterocycles. The Balaban J connectivity index is 3.38. The van der Waals surface area contributed by atoms with Crippen LogP contribution in [-0.4, -0.2) is 38.0 Å². The molecule has 0 aliphatic rings. The van der Waals surface area contributed by atoms with Crippen LogP contribution in [0.2, 0.25) is 0 Å². The number of nitrogens with zero attached hydrogens (tertiary/aromatic N) is 1. The second kappa shape index (κ2) is 8.56. The number of rotatable bonds is 9. The number of hydrogen-bond acceptors (Lipinski definition) is 7. The Morgan fingerprint density at radius 2 is 1.88 bits per heavy atom. The lowest BCUT2D eigenvalue weighted by atomic mass is 9.95. The zero-order chi connectivity index (χ0) is 20.1. The van der Waals surface area contributed by atoms with Crippen LogP contribution in [0, 0.1) is 17.0 Å². The van der Waals surface area contributed by atoms with Gasteiger partial charge in [-0.25, -0.2) is 17.9 Å². The van der Waals surface area contributed by atoms with Gasteiger partial charge in [-0.1, -0.05) is 13.8 Å². The minimum absolute atomic E-state index is 0.0290. The number of nitro benzene ring substituents is 1. The molecule has 0 saturated heterocycles. The van der Waals surface area contributed by atoms with Crippen molar-refractivity contribution in [2.45, 2.75) is 51.0 Å². The van der Waals surface area contributed by atoms with Crippen LogP contribution in [0.1, 0.15) is 49.5 Å². The lowest BCUT2D eigenvalue weighted by Gasteiger charge is -2.26. The Morgan fingerprint density at radius 3 is 2.35 bits per heavy atom. The number of nitrogens with two attached hydrogens (primary N) is 1. The molecule has 146 valence electrons. The molecule has 0 saturated carbocycles. The number of carbonyl (C=O) groups is 1. The molecular weight excluding hydrogens is 362 g/mol.